The number of aromatic nitrogens is 2. The van der Waals surface area contributed by atoms with Crippen molar-refractivity contribution in [2.75, 3.05) is 11.9 Å². The molecule has 0 saturated carbocycles. The molecule has 1 aromatic heterocycles. The van der Waals surface area contributed by atoms with Crippen LogP contribution in [-0.4, -0.2) is 16.5 Å². The molecule has 0 saturated heterocycles. The van der Waals surface area contributed by atoms with E-state index in [0.717, 1.165) is 5.56 Å². The molecule has 106 valence electrons. The summed E-state index contributed by atoms with van der Waals surface area (Å²) in [5.41, 5.74) is 1.10. The zero-order valence-electron chi connectivity index (χ0n) is 12.4. The zero-order chi connectivity index (χ0) is 14.8. The fourth-order valence-corrected chi connectivity index (χ4v) is 2.11. The van der Waals surface area contributed by atoms with Crippen molar-refractivity contribution in [3.05, 3.63) is 53.2 Å². The Bertz CT molecular complexity index is 594. The van der Waals surface area contributed by atoms with Gasteiger partial charge in [0, 0.05) is 12.0 Å². The van der Waals surface area contributed by atoms with E-state index in [1.807, 2.05) is 51.1 Å². The number of rotatable bonds is 4. The first-order valence-electron chi connectivity index (χ1n) is 6.80. The van der Waals surface area contributed by atoms with Crippen LogP contribution in [-0.2, 0) is 5.41 Å². The van der Waals surface area contributed by atoms with Crippen molar-refractivity contribution in [1.29, 1.82) is 0 Å². The summed E-state index contributed by atoms with van der Waals surface area (Å²) in [7, 11) is 0. The Morgan fingerprint density at radius 3 is 2.40 bits per heavy atom. The van der Waals surface area contributed by atoms with Gasteiger partial charge in [-0.25, -0.2) is 14.4 Å². The second-order valence-corrected chi connectivity index (χ2v) is 5.32. The van der Waals surface area contributed by atoms with Gasteiger partial charge in [0.2, 0.25) is 0 Å². The van der Waals surface area contributed by atoms with Gasteiger partial charge in [0.25, 0.3) is 0 Å². The highest BCUT2D eigenvalue weighted by Crippen LogP contribution is 2.30. The van der Waals surface area contributed by atoms with Crippen LogP contribution in [0, 0.1) is 12.7 Å². The van der Waals surface area contributed by atoms with Crippen molar-refractivity contribution >= 4 is 5.82 Å². The van der Waals surface area contributed by atoms with Gasteiger partial charge >= 0.3 is 0 Å². The van der Waals surface area contributed by atoms with E-state index < -0.39 is 0 Å². The van der Waals surface area contributed by atoms with Gasteiger partial charge in [-0.15, -0.1) is 0 Å². The van der Waals surface area contributed by atoms with Crippen LogP contribution in [0.4, 0.5) is 10.2 Å². The molecule has 4 heteroatoms. The van der Waals surface area contributed by atoms with E-state index in [9.17, 15) is 4.39 Å². The lowest BCUT2D eigenvalue weighted by Gasteiger charge is -2.24. The minimum absolute atomic E-state index is 0.277. The van der Waals surface area contributed by atoms with Crippen LogP contribution >= 0.6 is 0 Å². The monoisotopic (exact) mass is 273 g/mol. The van der Waals surface area contributed by atoms with Crippen molar-refractivity contribution in [3.8, 4) is 0 Å². The maximum atomic E-state index is 14.0. The molecular weight excluding hydrogens is 253 g/mol. The predicted molar refractivity (Wildman–Crippen MR) is 79.5 cm³/mol. The number of aryl methyl sites for hydroxylation is 1. The second-order valence-electron chi connectivity index (χ2n) is 5.32. The molecule has 0 aliphatic heterocycles. The molecule has 1 heterocycles. The van der Waals surface area contributed by atoms with Crippen molar-refractivity contribution in [2.24, 2.45) is 0 Å². The Balaban J connectivity index is 2.52. The van der Waals surface area contributed by atoms with Gasteiger partial charge < -0.3 is 5.32 Å². The molecule has 0 bridgehead atoms. The lowest BCUT2D eigenvalue weighted by molar-refractivity contribution is 0.556. The first kappa shape index (κ1) is 14.4. The molecule has 0 unspecified atom stereocenters. The number of hydrogen-bond donors (Lipinski definition) is 1. The van der Waals surface area contributed by atoms with Gasteiger partial charge in [-0.1, -0.05) is 30.3 Å². The molecule has 0 aliphatic carbocycles. The summed E-state index contributed by atoms with van der Waals surface area (Å²) in [5, 5.41) is 2.95. The highest BCUT2D eigenvalue weighted by atomic mass is 19.1. The van der Waals surface area contributed by atoms with Gasteiger partial charge in [0.15, 0.2) is 11.6 Å². The third-order valence-corrected chi connectivity index (χ3v) is 3.42. The summed E-state index contributed by atoms with van der Waals surface area (Å²) in [6.45, 7) is 8.30. The fourth-order valence-electron chi connectivity index (χ4n) is 2.11. The molecule has 0 aliphatic rings. The molecule has 2 aromatic rings. The van der Waals surface area contributed by atoms with Crippen LogP contribution in [0.5, 0.6) is 0 Å². The molecule has 0 radical (unpaired) electrons. The van der Waals surface area contributed by atoms with E-state index in [-0.39, 0.29) is 17.1 Å². The molecule has 2 rings (SSSR count). The number of anilines is 1. The Labute approximate surface area is 119 Å². The largest absolute Gasteiger partial charge is 0.368 e. The molecular formula is C16H20FN3. The Morgan fingerprint density at radius 2 is 1.80 bits per heavy atom. The molecule has 20 heavy (non-hydrogen) atoms. The highest BCUT2D eigenvalue weighted by Gasteiger charge is 2.28. The first-order chi connectivity index (χ1) is 9.46. The topological polar surface area (TPSA) is 37.8 Å². The van der Waals surface area contributed by atoms with Gasteiger partial charge in [-0.2, -0.15) is 0 Å². The molecule has 1 aromatic carbocycles. The summed E-state index contributed by atoms with van der Waals surface area (Å²) in [6, 6.07) is 10.0. The Hall–Kier alpha value is -1.97. The average molecular weight is 273 g/mol. The number of halogens is 1. The fraction of sp³-hybridized carbons (Fsp3) is 0.375. The van der Waals surface area contributed by atoms with Crippen LogP contribution in [0.2, 0.25) is 0 Å². The van der Waals surface area contributed by atoms with E-state index in [0.29, 0.717) is 18.1 Å². The number of hydrogen-bond acceptors (Lipinski definition) is 3. The number of benzene rings is 1. The Morgan fingerprint density at radius 1 is 1.15 bits per heavy atom. The van der Waals surface area contributed by atoms with Gasteiger partial charge in [-0.05, 0) is 33.3 Å². The van der Waals surface area contributed by atoms with Crippen molar-refractivity contribution < 1.29 is 4.39 Å². The average Bonchev–Trinajstić information content (AvgIpc) is 2.44. The lowest BCUT2D eigenvalue weighted by atomic mass is 9.83. The summed E-state index contributed by atoms with van der Waals surface area (Å²) in [4.78, 5) is 8.71. The van der Waals surface area contributed by atoms with Gasteiger partial charge in [-0.3, -0.25) is 0 Å². The molecule has 0 spiro atoms. The summed E-state index contributed by atoms with van der Waals surface area (Å²) in [6.07, 6.45) is 0. The van der Waals surface area contributed by atoms with E-state index >= 15 is 0 Å². The first-order valence-corrected chi connectivity index (χ1v) is 6.80. The van der Waals surface area contributed by atoms with E-state index in [4.69, 9.17) is 0 Å². The molecule has 0 amide bonds. The van der Waals surface area contributed by atoms with Crippen LogP contribution in [0.1, 0.15) is 37.9 Å². The molecule has 0 fully saturated rings. The maximum absolute atomic E-state index is 14.0. The van der Waals surface area contributed by atoms with Crippen LogP contribution < -0.4 is 5.32 Å². The smallest absolute Gasteiger partial charge is 0.186 e. The van der Waals surface area contributed by atoms with Gasteiger partial charge in [0.1, 0.15) is 5.82 Å². The zero-order valence-corrected chi connectivity index (χ0v) is 12.4. The maximum Gasteiger partial charge on any atom is 0.186 e. The minimum atomic E-state index is -0.375. The second kappa shape index (κ2) is 5.57. The van der Waals surface area contributed by atoms with E-state index in [1.54, 1.807) is 6.92 Å². The van der Waals surface area contributed by atoms with Crippen LogP contribution in [0.25, 0.3) is 0 Å². The normalized spacial score (nSPS) is 11.4. The standard InChI is InChI=1S/C16H20FN3/c1-5-18-14-13(17)11(2)19-15(20-14)16(3,4)12-9-7-6-8-10-12/h6-10H,5H2,1-4H3,(H,18,19,20). The highest BCUT2D eigenvalue weighted by molar-refractivity contribution is 5.41. The molecule has 3 nitrogen and oxygen atoms in total. The van der Waals surface area contributed by atoms with E-state index in [1.165, 1.54) is 0 Å². The van der Waals surface area contributed by atoms with Crippen LogP contribution in [0.15, 0.2) is 30.3 Å². The lowest BCUT2D eigenvalue weighted by Crippen LogP contribution is -2.24. The van der Waals surface area contributed by atoms with Crippen LogP contribution in [0.3, 0.4) is 0 Å². The van der Waals surface area contributed by atoms with Crippen molar-refractivity contribution in [3.63, 3.8) is 0 Å². The Kier molecular flexibility index (Phi) is 4.02. The SMILES string of the molecule is CCNc1nc(C(C)(C)c2ccccc2)nc(C)c1F. The predicted octanol–water partition coefficient (Wildman–Crippen LogP) is 3.68. The molecule has 1 N–H and O–H groups in total. The van der Waals surface area contributed by atoms with Gasteiger partial charge in [0.05, 0.1) is 5.69 Å². The third kappa shape index (κ3) is 2.64. The quantitative estimate of drug-likeness (QED) is 0.923. The molecule has 0 atom stereocenters. The number of nitrogens with zero attached hydrogens (tertiary/aromatic N) is 2. The summed E-state index contributed by atoms with van der Waals surface area (Å²) >= 11 is 0. The van der Waals surface area contributed by atoms with E-state index in [2.05, 4.69) is 15.3 Å². The summed E-state index contributed by atoms with van der Waals surface area (Å²) in [5.74, 6) is 0.525. The summed E-state index contributed by atoms with van der Waals surface area (Å²) < 4.78 is 14.0. The van der Waals surface area contributed by atoms with Crippen molar-refractivity contribution in [2.45, 2.75) is 33.1 Å². The minimum Gasteiger partial charge on any atom is -0.368 e. The third-order valence-electron chi connectivity index (χ3n) is 3.42. The van der Waals surface area contributed by atoms with Crippen molar-refractivity contribution in [1.82, 2.24) is 9.97 Å². The number of nitrogens with one attached hydrogen (secondary N) is 1.